The highest BCUT2D eigenvalue weighted by Crippen LogP contribution is 2.34. The molecule has 106 valence electrons. The van der Waals surface area contributed by atoms with Crippen LogP contribution in [0, 0.1) is 5.92 Å². The van der Waals surface area contributed by atoms with Gasteiger partial charge in [0.05, 0.1) is 18.1 Å². The number of aromatic nitrogens is 2. The molecular weight excluding hydrogens is 244 g/mol. The molecule has 0 saturated heterocycles. The summed E-state index contributed by atoms with van der Waals surface area (Å²) in [5, 5.41) is 19.6. The van der Waals surface area contributed by atoms with E-state index in [0.29, 0.717) is 38.1 Å². The molecule has 0 unspecified atom stereocenters. The summed E-state index contributed by atoms with van der Waals surface area (Å²) in [6.07, 6.45) is 5.83. The Morgan fingerprint density at radius 2 is 2.16 bits per heavy atom. The van der Waals surface area contributed by atoms with Crippen LogP contribution in [0.25, 0.3) is 0 Å². The molecule has 2 rings (SSSR count). The van der Waals surface area contributed by atoms with Crippen molar-refractivity contribution < 1.29 is 15.0 Å². The lowest BCUT2D eigenvalue weighted by molar-refractivity contribution is -0.145. The average Bonchev–Trinajstić information content (AvgIpc) is 2.77. The lowest BCUT2D eigenvalue weighted by atomic mass is 9.78. The highest BCUT2D eigenvalue weighted by Gasteiger charge is 2.36. The van der Waals surface area contributed by atoms with Crippen molar-refractivity contribution in [2.24, 2.45) is 5.92 Å². The van der Waals surface area contributed by atoms with Crippen LogP contribution >= 0.6 is 0 Å². The largest absolute Gasteiger partial charge is 0.481 e. The zero-order valence-corrected chi connectivity index (χ0v) is 11.5. The summed E-state index contributed by atoms with van der Waals surface area (Å²) in [6.45, 7) is 4.65. The Balaban J connectivity index is 2.03. The molecule has 19 heavy (non-hydrogen) atoms. The van der Waals surface area contributed by atoms with Gasteiger partial charge in [0.2, 0.25) is 0 Å². The number of hydrogen-bond acceptors (Lipinski definition) is 3. The van der Waals surface area contributed by atoms with Crippen LogP contribution in [0.4, 0.5) is 0 Å². The number of rotatable bonds is 4. The molecule has 1 aliphatic rings. The molecule has 0 radical (unpaired) electrons. The fourth-order valence-corrected chi connectivity index (χ4v) is 2.83. The minimum absolute atomic E-state index is 0.298. The minimum Gasteiger partial charge on any atom is -0.481 e. The second-order valence-corrected chi connectivity index (χ2v) is 5.90. The summed E-state index contributed by atoms with van der Waals surface area (Å²) in [4.78, 5) is 15.2. The number of hydrogen-bond donors (Lipinski definition) is 2. The fraction of sp³-hybridized carbons (Fsp3) is 0.714. The number of aliphatic hydroxyl groups is 1. The van der Waals surface area contributed by atoms with Crippen LogP contribution in [0.15, 0.2) is 12.4 Å². The van der Waals surface area contributed by atoms with Crippen molar-refractivity contribution >= 4 is 5.97 Å². The van der Waals surface area contributed by atoms with Gasteiger partial charge >= 0.3 is 5.97 Å². The maximum absolute atomic E-state index is 10.9. The van der Waals surface area contributed by atoms with Crippen molar-refractivity contribution in [3.8, 4) is 0 Å². The topological polar surface area (TPSA) is 75.3 Å². The van der Waals surface area contributed by atoms with E-state index in [2.05, 4.69) is 18.8 Å². The zero-order chi connectivity index (χ0) is 14.0. The summed E-state index contributed by atoms with van der Waals surface area (Å²) < 4.78 is 1.99. The Hall–Kier alpha value is -1.36. The van der Waals surface area contributed by atoms with Crippen LogP contribution in [0.3, 0.4) is 0 Å². The minimum atomic E-state index is -0.795. The van der Waals surface area contributed by atoms with Crippen LogP contribution in [0.1, 0.15) is 51.3 Å². The van der Waals surface area contributed by atoms with Gasteiger partial charge in [-0.15, -0.1) is 0 Å². The molecule has 5 nitrogen and oxygen atoms in total. The second kappa shape index (κ2) is 5.33. The van der Waals surface area contributed by atoms with Crippen LogP contribution in [0.2, 0.25) is 0 Å². The molecule has 5 heteroatoms. The Morgan fingerprint density at radius 1 is 1.53 bits per heavy atom. The molecule has 0 aromatic carbocycles. The normalized spacial score (nSPS) is 27.7. The van der Waals surface area contributed by atoms with E-state index >= 15 is 0 Å². The predicted molar refractivity (Wildman–Crippen MR) is 70.9 cm³/mol. The van der Waals surface area contributed by atoms with Crippen molar-refractivity contribution in [3.05, 3.63) is 18.2 Å². The Kier molecular flexibility index (Phi) is 3.94. The molecule has 0 spiro atoms. The van der Waals surface area contributed by atoms with Crippen molar-refractivity contribution in [1.82, 2.24) is 9.55 Å². The third-order valence-electron chi connectivity index (χ3n) is 3.99. The van der Waals surface area contributed by atoms with Gasteiger partial charge in [0, 0.05) is 18.3 Å². The van der Waals surface area contributed by atoms with Crippen molar-refractivity contribution in [1.29, 1.82) is 0 Å². The number of nitrogens with zero attached hydrogens (tertiary/aromatic N) is 2. The molecule has 0 aliphatic heterocycles. The molecule has 1 saturated carbocycles. The van der Waals surface area contributed by atoms with E-state index in [1.54, 1.807) is 6.20 Å². The second-order valence-electron chi connectivity index (χ2n) is 5.90. The molecule has 0 amide bonds. The summed E-state index contributed by atoms with van der Waals surface area (Å²) in [5.74, 6) is 0.239. The zero-order valence-electron chi connectivity index (χ0n) is 11.5. The maximum Gasteiger partial charge on any atom is 0.306 e. The van der Waals surface area contributed by atoms with E-state index in [0.717, 1.165) is 5.82 Å². The molecule has 1 aromatic heterocycles. The Bertz CT molecular complexity index is 445. The molecule has 1 aromatic rings. The van der Waals surface area contributed by atoms with E-state index in [1.807, 2.05) is 10.8 Å². The van der Waals surface area contributed by atoms with Crippen LogP contribution in [-0.4, -0.2) is 31.3 Å². The smallest absolute Gasteiger partial charge is 0.306 e. The Morgan fingerprint density at radius 3 is 2.68 bits per heavy atom. The highest BCUT2D eigenvalue weighted by atomic mass is 16.4. The van der Waals surface area contributed by atoms with Crippen LogP contribution < -0.4 is 0 Å². The van der Waals surface area contributed by atoms with Gasteiger partial charge in [0.15, 0.2) is 0 Å². The van der Waals surface area contributed by atoms with Crippen molar-refractivity contribution in [2.75, 3.05) is 0 Å². The fourth-order valence-electron chi connectivity index (χ4n) is 2.83. The van der Waals surface area contributed by atoms with Gasteiger partial charge in [0.25, 0.3) is 0 Å². The maximum atomic E-state index is 10.9. The number of carboxylic acid groups (broad SMARTS) is 1. The summed E-state index contributed by atoms with van der Waals surface area (Å²) in [6, 6.07) is 0. The van der Waals surface area contributed by atoms with Gasteiger partial charge in [-0.1, -0.05) is 13.8 Å². The third-order valence-corrected chi connectivity index (χ3v) is 3.99. The van der Waals surface area contributed by atoms with Crippen molar-refractivity contribution in [2.45, 2.75) is 57.6 Å². The summed E-state index contributed by atoms with van der Waals surface area (Å²) in [5.41, 5.74) is -0.795. The van der Waals surface area contributed by atoms with E-state index < -0.39 is 11.6 Å². The molecule has 1 fully saturated rings. The lowest BCUT2D eigenvalue weighted by Crippen LogP contribution is -2.40. The first kappa shape index (κ1) is 14.1. The molecular formula is C14H22N2O3. The average molecular weight is 266 g/mol. The highest BCUT2D eigenvalue weighted by molar-refractivity contribution is 5.70. The predicted octanol–water partition coefficient (Wildman–Crippen LogP) is 2.01. The quantitative estimate of drug-likeness (QED) is 0.874. The Labute approximate surface area is 113 Å². The van der Waals surface area contributed by atoms with Gasteiger partial charge in [0.1, 0.15) is 5.82 Å². The number of carbonyl (C=O) groups is 1. The van der Waals surface area contributed by atoms with E-state index in [4.69, 9.17) is 5.11 Å². The molecule has 1 aliphatic carbocycles. The number of carboxylic acids is 1. The number of aliphatic carboxylic acids is 1. The first-order valence-electron chi connectivity index (χ1n) is 6.87. The summed E-state index contributed by atoms with van der Waals surface area (Å²) in [7, 11) is 0. The third kappa shape index (κ3) is 3.15. The standard InChI is InChI=1S/C14H22N2O3/c1-10(2)12-15-7-8-16(12)9-14(19)5-3-11(4-6-14)13(17)18/h7-8,10-11,19H,3-6,9H2,1-2H3,(H,17,18). The first-order valence-corrected chi connectivity index (χ1v) is 6.87. The summed E-state index contributed by atoms with van der Waals surface area (Å²) >= 11 is 0. The molecule has 1 heterocycles. The van der Waals surface area contributed by atoms with Gasteiger partial charge in [-0.25, -0.2) is 4.98 Å². The van der Waals surface area contributed by atoms with Gasteiger partial charge < -0.3 is 14.8 Å². The van der Waals surface area contributed by atoms with E-state index in [-0.39, 0.29) is 5.92 Å². The SMILES string of the molecule is CC(C)c1nccn1CC1(O)CCC(C(=O)O)CC1. The number of imidazole rings is 1. The lowest BCUT2D eigenvalue weighted by Gasteiger charge is -2.35. The van der Waals surface area contributed by atoms with Crippen molar-refractivity contribution in [3.63, 3.8) is 0 Å². The molecule has 2 N–H and O–H groups in total. The monoisotopic (exact) mass is 266 g/mol. The van der Waals surface area contributed by atoms with Crippen LogP contribution in [0.5, 0.6) is 0 Å². The van der Waals surface area contributed by atoms with E-state index in [1.165, 1.54) is 0 Å². The molecule has 0 atom stereocenters. The molecule has 0 bridgehead atoms. The van der Waals surface area contributed by atoms with Gasteiger partial charge in [-0.2, -0.15) is 0 Å². The van der Waals surface area contributed by atoms with Gasteiger partial charge in [-0.05, 0) is 25.7 Å². The first-order chi connectivity index (χ1) is 8.91. The van der Waals surface area contributed by atoms with E-state index in [9.17, 15) is 9.90 Å². The van der Waals surface area contributed by atoms with Gasteiger partial charge in [-0.3, -0.25) is 4.79 Å². The van der Waals surface area contributed by atoms with Crippen LogP contribution in [-0.2, 0) is 11.3 Å².